The molecule has 3 atom stereocenters. The fourth-order valence-corrected chi connectivity index (χ4v) is 5.47. The van der Waals surface area contributed by atoms with E-state index in [1.165, 1.54) is 27.0 Å². The predicted octanol–water partition coefficient (Wildman–Crippen LogP) is 6.28. The summed E-state index contributed by atoms with van der Waals surface area (Å²) in [5, 5.41) is 6.44. The van der Waals surface area contributed by atoms with Crippen LogP contribution in [0, 0.1) is 5.92 Å². The number of benzene rings is 3. The summed E-state index contributed by atoms with van der Waals surface area (Å²) >= 11 is 12.5. The standard InChI is InChI=1S/C34H34Cl2F5N3O5/c1-19(2)29(30(46)34(40,41)32(48)42-18-33(37,38)39)44-31(47)27(13-20-7-5-4-6-8-20)43-28(45)17-26(21-9-11-25(49-3)12-10-21)22-14-23(35)16-24(36)15-22/h4-12,14-16,19,26-27,29H,13,17-18H2,1-3H3,(H,42,48)(H,43,45)(H,44,47). The number of hydrogen-bond donors (Lipinski definition) is 3. The fourth-order valence-electron chi connectivity index (χ4n) is 4.93. The lowest BCUT2D eigenvalue weighted by Crippen LogP contribution is -2.59. The Morgan fingerprint density at radius 2 is 1.41 bits per heavy atom. The van der Waals surface area contributed by atoms with Gasteiger partial charge in [-0.3, -0.25) is 19.2 Å². The van der Waals surface area contributed by atoms with Crippen LogP contribution in [0.3, 0.4) is 0 Å². The monoisotopic (exact) mass is 729 g/mol. The summed E-state index contributed by atoms with van der Waals surface area (Å²) in [6.07, 6.45) is -5.36. The Morgan fingerprint density at radius 1 is 0.816 bits per heavy atom. The molecule has 0 heterocycles. The van der Waals surface area contributed by atoms with Gasteiger partial charge >= 0.3 is 12.1 Å². The summed E-state index contributed by atoms with van der Waals surface area (Å²) in [6.45, 7) is 0.511. The van der Waals surface area contributed by atoms with E-state index in [0.29, 0.717) is 32.5 Å². The molecule has 0 radical (unpaired) electrons. The molecule has 0 spiro atoms. The van der Waals surface area contributed by atoms with Gasteiger partial charge in [0.2, 0.25) is 17.6 Å². The average Bonchev–Trinajstić information content (AvgIpc) is 3.03. The maximum absolute atomic E-state index is 14.8. The number of ether oxygens (including phenoxy) is 1. The molecule has 15 heteroatoms. The molecule has 0 aromatic heterocycles. The zero-order valence-corrected chi connectivity index (χ0v) is 28.1. The van der Waals surface area contributed by atoms with Gasteiger partial charge in [-0.1, -0.05) is 79.5 Å². The molecule has 3 unspecified atom stereocenters. The third-order valence-electron chi connectivity index (χ3n) is 7.42. The van der Waals surface area contributed by atoms with E-state index in [1.54, 1.807) is 66.7 Å². The maximum atomic E-state index is 14.8. The molecule has 0 fully saturated rings. The van der Waals surface area contributed by atoms with Crippen molar-refractivity contribution < 1.29 is 45.9 Å². The molecular weight excluding hydrogens is 696 g/mol. The number of alkyl halides is 5. The van der Waals surface area contributed by atoms with Crippen LogP contribution in [0.4, 0.5) is 22.0 Å². The molecule has 3 rings (SSSR count). The van der Waals surface area contributed by atoms with Gasteiger partial charge in [-0.15, -0.1) is 0 Å². The van der Waals surface area contributed by atoms with Gasteiger partial charge in [0.25, 0.3) is 5.91 Å². The van der Waals surface area contributed by atoms with Crippen LogP contribution < -0.4 is 20.7 Å². The van der Waals surface area contributed by atoms with Crippen LogP contribution in [0.15, 0.2) is 72.8 Å². The summed E-state index contributed by atoms with van der Waals surface area (Å²) in [7, 11) is 1.50. The zero-order valence-electron chi connectivity index (χ0n) is 26.5. The zero-order chi connectivity index (χ0) is 36.5. The van der Waals surface area contributed by atoms with Crippen LogP contribution in [0.25, 0.3) is 0 Å². The minimum absolute atomic E-state index is 0.129. The second kappa shape index (κ2) is 16.9. The van der Waals surface area contributed by atoms with Crippen LogP contribution in [0.2, 0.25) is 10.0 Å². The number of carbonyl (C=O) groups excluding carboxylic acids is 4. The number of carbonyl (C=O) groups is 4. The number of Topliss-reactive ketones (excluding diaryl/α,β-unsaturated/α-hetero) is 1. The Balaban J connectivity index is 1.90. The minimum Gasteiger partial charge on any atom is -0.497 e. The highest BCUT2D eigenvalue weighted by molar-refractivity contribution is 6.34. The van der Waals surface area contributed by atoms with Crippen molar-refractivity contribution in [3.63, 3.8) is 0 Å². The molecule has 0 aliphatic rings. The second-order valence-corrected chi connectivity index (χ2v) is 12.4. The van der Waals surface area contributed by atoms with E-state index in [2.05, 4.69) is 10.6 Å². The van der Waals surface area contributed by atoms with Gasteiger partial charge in [0.15, 0.2) is 0 Å². The first kappa shape index (κ1) is 39.2. The number of amides is 3. The second-order valence-electron chi connectivity index (χ2n) is 11.5. The van der Waals surface area contributed by atoms with Crippen molar-refractivity contribution in [3.8, 4) is 5.75 Å². The number of halogens is 7. The minimum atomic E-state index is -5.01. The quantitative estimate of drug-likeness (QED) is 0.126. The lowest BCUT2D eigenvalue weighted by atomic mass is 9.88. The van der Waals surface area contributed by atoms with Gasteiger partial charge in [-0.25, -0.2) is 0 Å². The Bertz CT molecular complexity index is 1600. The number of nitrogens with one attached hydrogen (secondary N) is 3. The molecule has 3 aromatic carbocycles. The van der Waals surface area contributed by atoms with Crippen molar-refractivity contribution in [1.82, 2.24) is 16.0 Å². The van der Waals surface area contributed by atoms with Gasteiger partial charge in [0.05, 0.1) is 13.2 Å². The van der Waals surface area contributed by atoms with Gasteiger partial charge in [0, 0.05) is 28.8 Å². The van der Waals surface area contributed by atoms with Crippen LogP contribution in [-0.2, 0) is 25.6 Å². The van der Waals surface area contributed by atoms with E-state index < -0.39 is 66.1 Å². The molecule has 0 bridgehead atoms. The van der Waals surface area contributed by atoms with Gasteiger partial charge in [-0.05, 0) is 52.9 Å². The molecule has 0 aliphatic heterocycles. The number of ketones is 1. The van der Waals surface area contributed by atoms with Crippen LogP contribution in [-0.4, -0.2) is 61.3 Å². The Hall–Kier alpha value is -4.23. The van der Waals surface area contributed by atoms with E-state index in [-0.39, 0.29) is 12.8 Å². The van der Waals surface area contributed by atoms with Gasteiger partial charge in [0.1, 0.15) is 18.3 Å². The fraction of sp³-hybridized carbons (Fsp3) is 0.353. The van der Waals surface area contributed by atoms with Crippen molar-refractivity contribution in [2.24, 2.45) is 5.92 Å². The first-order chi connectivity index (χ1) is 22.9. The molecule has 0 aliphatic carbocycles. The van der Waals surface area contributed by atoms with E-state index in [9.17, 15) is 41.1 Å². The van der Waals surface area contributed by atoms with E-state index in [4.69, 9.17) is 27.9 Å². The maximum Gasteiger partial charge on any atom is 0.405 e. The van der Waals surface area contributed by atoms with Crippen molar-refractivity contribution >= 4 is 46.7 Å². The van der Waals surface area contributed by atoms with E-state index in [1.807, 2.05) is 0 Å². The smallest absolute Gasteiger partial charge is 0.405 e. The Morgan fingerprint density at radius 3 is 1.94 bits per heavy atom. The van der Waals surface area contributed by atoms with E-state index in [0.717, 1.165) is 5.32 Å². The molecule has 49 heavy (non-hydrogen) atoms. The Labute approximate surface area is 289 Å². The van der Waals surface area contributed by atoms with Crippen molar-refractivity contribution in [3.05, 3.63) is 99.5 Å². The first-order valence-corrected chi connectivity index (χ1v) is 15.7. The lowest BCUT2D eigenvalue weighted by molar-refractivity contribution is -0.165. The SMILES string of the molecule is COc1ccc(C(CC(=O)NC(Cc2ccccc2)C(=O)NC(C(=O)C(F)(F)C(=O)NCC(F)(F)F)C(C)C)c2cc(Cl)cc(Cl)c2)cc1. The van der Waals surface area contributed by atoms with Crippen molar-refractivity contribution in [2.45, 2.75) is 56.8 Å². The van der Waals surface area contributed by atoms with Gasteiger partial charge < -0.3 is 20.7 Å². The van der Waals surface area contributed by atoms with Crippen LogP contribution >= 0.6 is 23.2 Å². The first-order valence-electron chi connectivity index (χ1n) is 14.9. The average molecular weight is 731 g/mol. The molecule has 3 aromatic rings. The van der Waals surface area contributed by atoms with Crippen LogP contribution in [0.1, 0.15) is 42.9 Å². The molecule has 3 N–H and O–H groups in total. The summed E-state index contributed by atoms with van der Waals surface area (Å²) in [4.78, 5) is 52.0. The van der Waals surface area contributed by atoms with Crippen molar-refractivity contribution in [1.29, 1.82) is 0 Å². The number of rotatable bonds is 15. The molecule has 8 nitrogen and oxygen atoms in total. The normalized spacial score (nSPS) is 13.6. The predicted molar refractivity (Wildman–Crippen MR) is 174 cm³/mol. The van der Waals surface area contributed by atoms with Gasteiger partial charge in [-0.2, -0.15) is 22.0 Å². The molecule has 0 saturated carbocycles. The highest BCUT2D eigenvalue weighted by atomic mass is 35.5. The van der Waals surface area contributed by atoms with E-state index >= 15 is 0 Å². The molecule has 264 valence electrons. The molecule has 3 amide bonds. The highest BCUT2D eigenvalue weighted by Gasteiger charge is 2.52. The number of methoxy groups -OCH3 is 1. The van der Waals surface area contributed by atoms with Crippen molar-refractivity contribution in [2.75, 3.05) is 13.7 Å². The number of hydrogen-bond acceptors (Lipinski definition) is 5. The third kappa shape index (κ3) is 11.4. The Kier molecular flexibility index (Phi) is 13.5. The topological polar surface area (TPSA) is 114 Å². The molecular formula is C34H34Cl2F5N3O5. The summed E-state index contributed by atoms with van der Waals surface area (Å²) in [5.41, 5.74) is 1.83. The summed E-state index contributed by atoms with van der Waals surface area (Å²) < 4.78 is 72.4. The summed E-state index contributed by atoms with van der Waals surface area (Å²) in [5.74, 6) is -12.3. The van der Waals surface area contributed by atoms with Crippen LogP contribution in [0.5, 0.6) is 5.75 Å². The summed E-state index contributed by atoms with van der Waals surface area (Å²) in [6, 6.07) is 16.6. The largest absolute Gasteiger partial charge is 0.497 e. The molecule has 0 saturated heterocycles. The third-order valence-corrected chi connectivity index (χ3v) is 7.86. The highest BCUT2D eigenvalue weighted by Crippen LogP contribution is 2.33. The lowest BCUT2D eigenvalue weighted by Gasteiger charge is -2.28.